The Kier molecular flexibility index (Phi) is 4.72. The molecule has 0 aromatic heterocycles. The zero-order valence-corrected chi connectivity index (χ0v) is 13.3. The molecule has 0 saturated heterocycles. The van der Waals surface area contributed by atoms with E-state index in [1.165, 1.54) is 10.6 Å². The average Bonchev–Trinajstić information content (AvgIpc) is 2.61. The lowest BCUT2D eigenvalue weighted by Crippen LogP contribution is -2.17. The Labute approximate surface area is 132 Å². The Morgan fingerprint density at radius 2 is 1.18 bits per heavy atom. The van der Waals surface area contributed by atoms with Crippen LogP contribution >= 0.6 is 8.07 Å². The fraction of sp³-hybridized carbons (Fsp3) is 0.0526. The van der Waals surface area contributed by atoms with Gasteiger partial charge in [0, 0.05) is 10.6 Å². The molecule has 3 heteroatoms. The first-order valence-electron chi connectivity index (χ1n) is 7.18. The minimum atomic E-state index is -0.679. The molecule has 2 nitrogen and oxygen atoms in total. The van der Waals surface area contributed by atoms with Crippen LogP contribution in [-0.2, 0) is 0 Å². The van der Waals surface area contributed by atoms with Crippen LogP contribution < -0.4 is 20.4 Å². The van der Waals surface area contributed by atoms with Gasteiger partial charge in [0.2, 0.25) is 0 Å². The highest BCUT2D eigenvalue weighted by Crippen LogP contribution is 2.38. The van der Waals surface area contributed by atoms with Gasteiger partial charge in [0.15, 0.2) is 0 Å². The molecule has 0 unspecified atom stereocenters. The van der Waals surface area contributed by atoms with Crippen molar-refractivity contribution in [3.63, 3.8) is 0 Å². The van der Waals surface area contributed by atoms with Gasteiger partial charge < -0.3 is 9.82 Å². The van der Waals surface area contributed by atoms with E-state index >= 15 is 0 Å². The maximum atomic E-state index is 5.47. The second-order valence-corrected chi connectivity index (χ2v) is 6.75. The van der Waals surface area contributed by atoms with Gasteiger partial charge in [0.25, 0.3) is 0 Å². The molecule has 1 N–H and O–H groups in total. The van der Waals surface area contributed by atoms with Gasteiger partial charge in [-0.15, -0.1) is 0 Å². The molecule has 0 heterocycles. The summed E-state index contributed by atoms with van der Waals surface area (Å²) < 4.78 is 5.47. The van der Waals surface area contributed by atoms with Gasteiger partial charge in [0.1, 0.15) is 5.75 Å². The zero-order chi connectivity index (χ0) is 15.2. The topological polar surface area (TPSA) is 21.3 Å². The van der Waals surface area contributed by atoms with Crippen molar-refractivity contribution >= 4 is 24.4 Å². The lowest BCUT2D eigenvalue weighted by atomic mass is 10.3. The van der Waals surface area contributed by atoms with E-state index in [9.17, 15) is 0 Å². The third-order valence-corrected chi connectivity index (χ3v) is 5.46. The van der Waals surface area contributed by atoms with Gasteiger partial charge in [-0.2, -0.15) is 0 Å². The molecule has 3 rings (SSSR count). The molecule has 3 aromatic carbocycles. The predicted octanol–water partition coefficient (Wildman–Crippen LogP) is 4.16. The highest BCUT2D eigenvalue weighted by molar-refractivity contribution is 7.74. The number of para-hydroxylation sites is 2. The molecule has 3 aromatic rings. The van der Waals surface area contributed by atoms with Crippen LogP contribution in [0.25, 0.3) is 0 Å². The van der Waals surface area contributed by atoms with E-state index in [4.69, 9.17) is 4.74 Å². The van der Waals surface area contributed by atoms with Crippen LogP contribution in [0.5, 0.6) is 5.75 Å². The van der Waals surface area contributed by atoms with Crippen LogP contribution in [-0.4, -0.2) is 7.11 Å². The average molecular weight is 307 g/mol. The molecular weight excluding hydrogens is 289 g/mol. The summed E-state index contributed by atoms with van der Waals surface area (Å²) in [6, 6.07) is 29.1. The number of ether oxygens (including phenoxy) is 1. The number of hydrogen-bond acceptors (Lipinski definition) is 2. The largest absolute Gasteiger partial charge is 0.495 e. The molecule has 0 spiro atoms. The molecule has 0 saturated carbocycles. The molecule has 0 aliphatic carbocycles. The smallest absolute Gasteiger partial charge is 0.142 e. The minimum Gasteiger partial charge on any atom is -0.495 e. The van der Waals surface area contributed by atoms with E-state index < -0.39 is 8.07 Å². The Morgan fingerprint density at radius 3 is 1.73 bits per heavy atom. The van der Waals surface area contributed by atoms with Crippen molar-refractivity contribution < 1.29 is 4.74 Å². The normalized spacial score (nSPS) is 10.5. The molecule has 110 valence electrons. The number of rotatable bonds is 5. The zero-order valence-electron chi connectivity index (χ0n) is 12.4. The van der Waals surface area contributed by atoms with Gasteiger partial charge in [0.05, 0.1) is 20.9 Å². The second-order valence-electron chi connectivity index (χ2n) is 4.82. The lowest BCUT2D eigenvalue weighted by Gasteiger charge is -2.22. The highest BCUT2D eigenvalue weighted by Gasteiger charge is 2.15. The first-order valence-corrected chi connectivity index (χ1v) is 8.52. The molecule has 0 amide bonds. The van der Waals surface area contributed by atoms with Crippen molar-refractivity contribution in [1.29, 1.82) is 0 Å². The fourth-order valence-corrected chi connectivity index (χ4v) is 4.21. The van der Waals surface area contributed by atoms with Crippen molar-refractivity contribution in [3.05, 3.63) is 84.9 Å². The van der Waals surface area contributed by atoms with Crippen molar-refractivity contribution in [1.82, 2.24) is 0 Å². The summed E-state index contributed by atoms with van der Waals surface area (Å²) >= 11 is 0. The van der Waals surface area contributed by atoms with E-state index in [2.05, 4.69) is 59.7 Å². The maximum absolute atomic E-state index is 5.47. The molecule has 0 atom stereocenters. The van der Waals surface area contributed by atoms with Gasteiger partial charge in [-0.3, -0.25) is 0 Å². The van der Waals surface area contributed by atoms with Crippen LogP contribution in [0.3, 0.4) is 0 Å². The SMILES string of the molecule is COc1ccccc1NP(c1ccccc1)c1ccccc1. The van der Waals surface area contributed by atoms with Gasteiger partial charge in [-0.05, 0) is 12.1 Å². The summed E-state index contributed by atoms with van der Waals surface area (Å²) in [5, 5.41) is 6.24. The van der Waals surface area contributed by atoms with Crippen LogP contribution in [0.1, 0.15) is 0 Å². The minimum absolute atomic E-state index is 0.679. The second kappa shape index (κ2) is 7.11. The van der Waals surface area contributed by atoms with Crippen molar-refractivity contribution in [3.8, 4) is 5.75 Å². The summed E-state index contributed by atoms with van der Waals surface area (Å²) in [4.78, 5) is 0. The first kappa shape index (κ1) is 14.6. The summed E-state index contributed by atoms with van der Waals surface area (Å²) in [6.45, 7) is 0. The number of benzene rings is 3. The Bertz CT molecular complexity index is 676. The van der Waals surface area contributed by atoms with Gasteiger partial charge in [-0.1, -0.05) is 72.8 Å². The van der Waals surface area contributed by atoms with Crippen LogP contribution in [0, 0.1) is 0 Å². The van der Waals surface area contributed by atoms with E-state index in [1.807, 2.05) is 30.3 Å². The molecule has 0 bridgehead atoms. The molecule has 0 radical (unpaired) electrons. The third-order valence-electron chi connectivity index (χ3n) is 3.37. The highest BCUT2D eigenvalue weighted by atomic mass is 31.1. The van der Waals surface area contributed by atoms with E-state index in [0.29, 0.717) is 0 Å². The van der Waals surface area contributed by atoms with Crippen molar-refractivity contribution in [2.75, 3.05) is 12.2 Å². The lowest BCUT2D eigenvalue weighted by molar-refractivity contribution is 0.417. The third kappa shape index (κ3) is 3.29. The summed E-state index contributed by atoms with van der Waals surface area (Å²) in [6.07, 6.45) is 0. The summed E-state index contributed by atoms with van der Waals surface area (Å²) in [5.74, 6) is 0.863. The Hall–Kier alpha value is -2.31. The molecular formula is C19H18NOP. The molecule has 0 fully saturated rings. The molecule has 22 heavy (non-hydrogen) atoms. The van der Waals surface area contributed by atoms with E-state index in [0.717, 1.165) is 11.4 Å². The first-order chi connectivity index (χ1) is 10.9. The maximum Gasteiger partial charge on any atom is 0.142 e. The van der Waals surface area contributed by atoms with Crippen molar-refractivity contribution in [2.24, 2.45) is 0 Å². The number of nitrogens with one attached hydrogen (secondary N) is 1. The number of methoxy groups -OCH3 is 1. The predicted molar refractivity (Wildman–Crippen MR) is 95.7 cm³/mol. The monoisotopic (exact) mass is 307 g/mol. The van der Waals surface area contributed by atoms with E-state index in [1.54, 1.807) is 7.11 Å². The van der Waals surface area contributed by atoms with Gasteiger partial charge >= 0.3 is 0 Å². The van der Waals surface area contributed by atoms with E-state index in [-0.39, 0.29) is 0 Å². The summed E-state index contributed by atoms with van der Waals surface area (Å²) in [7, 11) is 1.02. The molecule has 0 aliphatic rings. The number of hydrogen-bond donors (Lipinski definition) is 1. The van der Waals surface area contributed by atoms with Crippen LogP contribution in [0.2, 0.25) is 0 Å². The van der Waals surface area contributed by atoms with Crippen LogP contribution in [0.4, 0.5) is 5.69 Å². The standard InChI is InChI=1S/C19H18NOP/c1-21-19-15-9-8-14-18(19)20-22(16-10-4-2-5-11-16)17-12-6-3-7-13-17/h2-15,20H,1H3. The van der Waals surface area contributed by atoms with Crippen LogP contribution in [0.15, 0.2) is 84.9 Å². The van der Waals surface area contributed by atoms with Crippen molar-refractivity contribution in [2.45, 2.75) is 0 Å². The van der Waals surface area contributed by atoms with Gasteiger partial charge in [-0.25, -0.2) is 0 Å². The Morgan fingerprint density at radius 1 is 0.682 bits per heavy atom. The fourth-order valence-electron chi connectivity index (χ4n) is 2.29. The Balaban J connectivity index is 1.99. The summed E-state index contributed by atoms with van der Waals surface area (Å²) in [5.41, 5.74) is 1.02. The molecule has 0 aliphatic heterocycles. The quantitative estimate of drug-likeness (QED) is 0.715. The number of anilines is 1.